The van der Waals surface area contributed by atoms with Crippen molar-refractivity contribution in [3.63, 3.8) is 0 Å². The van der Waals surface area contributed by atoms with Gasteiger partial charge in [0.25, 0.3) is 0 Å². The van der Waals surface area contributed by atoms with E-state index in [1.54, 1.807) is 0 Å². The van der Waals surface area contributed by atoms with Gasteiger partial charge in [-0.25, -0.2) is 0 Å². The van der Waals surface area contributed by atoms with Crippen LogP contribution in [0.3, 0.4) is 0 Å². The molecule has 38 heavy (non-hydrogen) atoms. The molecule has 7 atom stereocenters. The lowest BCUT2D eigenvalue weighted by Gasteiger charge is -2.59. The van der Waals surface area contributed by atoms with E-state index in [2.05, 4.69) is 57.9 Å². The van der Waals surface area contributed by atoms with E-state index in [9.17, 15) is 14.4 Å². The van der Waals surface area contributed by atoms with E-state index in [1.165, 1.54) is 13.5 Å². The van der Waals surface area contributed by atoms with E-state index < -0.39 is 0 Å². The fourth-order valence-corrected chi connectivity index (χ4v) is 7.93. The summed E-state index contributed by atoms with van der Waals surface area (Å²) in [5, 5.41) is 0. The van der Waals surface area contributed by atoms with Crippen LogP contribution >= 0.6 is 23.3 Å². The molecule has 4 nitrogen and oxygen atoms in total. The maximum Gasteiger partial charge on any atom is 0.305 e. The highest BCUT2D eigenvalue weighted by Crippen LogP contribution is 2.66. The second-order valence-corrected chi connectivity index (χ2v) is 12.3. The Labute approximate surface area is 245 Å². The van der Waals surface area contributed by atoms with Crippen molar-refractivity contribution >= 4 is 40.9 Å². The lowest BCUT2D eigenvalue weighted by molar-refractivity contribution is -0.158. The summed E-state index contributed by atoms with van der Waals surface area (Å²) in [4.78, 5) is 37.0. The molecule has 4 fully saturated rings. The van der Waals surface area contributed by atoms with Crippen LogP contribution in [-0.2, 0) is 19.1 Å². The molecule has 0 radical (unpaired) electrons. The van der Waals surface area contributed by atoms with Crippen molar-refractivity contribution in [2.24, 2.45) is 46.3 Å². The smallest absolute Gasteiger partial charge is 0.305 e. The molecule has 0 bridgehead atoms. The molecule has 4 rings (SSSR count). The van der Waals surface area contributed by atoms with Gasteiger partial charge in [-0.15, -0.1) is 23.3 Å². The van der Waals surface area contributed by atoms with Crippen LogP contribution in [0.1, 0.15) is 133 Å². The second kappa shape index (κ2) is 18.0. The third-order valence-electron chi connectivity index (χ3n) is 9.69. The average molecular weight is 573 g/mol. The predicted octanol–water partition coefficient (Wildman–Crippen LogP) is 9.21. The molecule has 7 unspecified atom stereocenters. The fourth-order valence-electron chi connectivity index (χ4n) is 7.93. The molecular weight excluding hydrogens is 512 g/mol. The number of hydrogen-bond acceptors (Lipinski definition) is 6. The van der Waals surface area contributed by atoms with Crippen LogP contribution in [0, 0.1) is 46.3 Å². The van der Waals surface area contributed by atoms with Crippen LogP contribution in [0.25, 0.3) is 0 Å². The number of esters is 1. The van der Waals surface area contributed by atoms with Gasteiger partial charge >= 0.3 is 5.97 Å². The van der Waals surface area contributed by atoms with Crippen molar-refractivity contribution in [3.8, 4) is 0 Å². The number of ether oxygens (including phenoxy) is 1. The van der Waals surface area contributed by atoms with Crippen LogP contribution in [0.2, 0.25) is 0 Å². The van der Waals surface area contributed by atoms with Gasteiger partial charge in [0.15, 0.2) is 0 Å². The van der Waals surface area contributed by atoms with E-state index >= 15 is 0 Å². The lowest BCUT2D eigenvalue weighted by Crippen LogP contribution is -2.56. The number of carbonyl (C=O) groups excluding carboxylic acids is 3. The van der Waals surface area contributed by atoms with Gasteiger partial charge in [-0.05, 0) is 85.9 Å². The van der Waals surface area contributed by atoms with Gasteiger partial charge in [0.05, 0.1) is 7.11 Å². The molecule has 0 aromatic heterocycles. The Balaban J connectivity index is 0.00000121. The van der Waals surface area contributed by atoms with Crippen molar-refractivity contribution in [3.05, 3.63) is 0 Å². The zero-order valence-electron chi connectivity index (χ0n) is 26.3. The summed E-state index contributed by atoms with van der Waals surface area (Å²) in [6.07, 6.45) is 10.0. The molecule has 4 aliphatic carbocycles. The summed E-state index contributed by atoms with van der Waals surface area (Å²) in [5.41, 5.74) is -0.0260. The number of rotatable bonds is 4. The zero-order valence-corrected chi connectivity index (χ0v) is 28.1. The third-order valence-corrected chi connectivity index (χ3v) is 9.69. The first-order chi connectivity index (χ1) is 18.0. The highest BCUT2D eigenvalue weighted by molar-refractivity contribution is 8.59. The van der Waals surface area contributed by atoms with Gasteiger partial charge in [0, 0.05) is 31.1 Å². The summed E-state index contributed by atoms with van der Waals surface area (Å²) in [6, 6.07) is 0. The Morgan fingerprint density at radius 2 is 1.53 bits per heavy atom. The van der Waals surface area contributed by atoms with Crippen molar-refractivity contribution < 1.29 is 19.1 Å². The molecule has 0 aromatic rings. The molecule has 0 amide bonds. The van der Waals surface area contributed by atoms with Gasteiger partial charge < -0.3 is 4.74 Å². The van der Waals surface area contributed by atoms with E-state index in [1.807, 2.05) is 27.7 Å². The highest BCUT2D eigenvalue weighted by atomic mass is 33.1. The lowest BCUT2D eigenvalue weighted by atomic mass is 9.44. The number of fused-ring (bicyclic) bond motifs is 5. The summed E-state index contributed by atoms with van der Waals surface area (Å²) < 4.78 is 4.78. The summed E-state index contributed by atoms with van der Waals surface area (Å²) in [7, 11) is 1.44. The minimum Gasteiger partial charge on any atom is -0.469 e. The van der Waals surface area contributed by atoms with Gasteiger partial charge in [-0.3, -0.25) is 14.4 Å². The van der Waals surface area contributed by atoms with Crippen LogP contribution in [0.4, 0.5) is 0 Å². The van der Waals surface area contributed by atoms with Gasteiger partial charge in [0.1, 0.15) is 11.6 Å². The first-order valence-corrected chi connectivity index (χ1v) is 17.0. The second-order valence-electron chi connectivity index (χ2n) is 12.3. The molecule has 4 aliphatic rings. The number of carbonyl (C=O) groups is 3. The molecule has 0 aromatic carbocycles. The van der Waals surface area contributed by atoms with Gasteiger partial charge in [0.2, 0.25) is 0 Å². The molecule has 0 spiro atoms. The fraction of sp³-hybridized carbons (Fsp3) is 0.906. The monoisotopic (exact) mass is 572 g/mol. The Bertz CT molecular complexity index is 721. The number of hydrogen-bond donors (Lipinski definition) is 2. The van der Waals surface area contributed by atoms with Crippen molar-refractivity contribution in [1.82, 2.24) is 0 Å². The maximum absolute atomic E-state index is 13.5. The normalized spacial score (nSPS) is 34.7. The van der Waals surface area contributed by atoms with Crippen LogP contribution in [0.15, 0.2) is 0 Å². The molecule has 224 valence electrons. The first-order valence-electron chi connectivity index (χ1n) is 15.4. The molecule has 0 aliphatic heterocycles. The Kier molecular flexibility index (Phi) is 17.8. The van der Waals surface area contributed by atoms with Gasteiger partial charge in [-0.1, -0.05) is 62.3 Å². The Hall–Kier alpha value is -0.490. The summed E-state index contributed by atoms with van der Waals surface area (Å²) >= 11 is 6.44. The van der Waals surface area contributed by atoms with Crippen LogP contribution in [-0.4, -0.2) is 24.6 Å². The quantitative estimate of drug-likeness (QED) is 0.200. The van der Waals surface area contributed by atoms with Crippen molar-refractivity contribution in [1.29, 1.82) is 0 Å². The average Bonchev–Trinajstić information content (AvgIpc) is 3.26. The zero-order chi connectivity index (χ0) is 29.7. The summed E-state index contributed by atoms with van der Waals surface area (Å²) in [6.45, 7) is 19.1. The van der Waals surface area contributed by atoms with Crippen molar-refractivity contribution in [2.75, 3.05) is 7.11 Å². The van der Waals surface area contributed by atoms with E-state index in [0.29, 0.717) is 60.4 Å². The maximum atomic E-state index is 13.5. The molecule has 0 saturated heterocycles. The minimum atomic E-state index is -0.203. The first kappa shape index (κ1) is 37.5. The van der Waals surface area contributed by atoms with Crippen molar-refractivity contribution in [2.45, 2.75) is 133 Å². The SMILES string of the molecule is CC.CC.CC(C)C.COC(=O)CCCC1CCC2C3CCC4CC(=O)CCC4(C)C3CC(=O)C12C.SS. The number of Topliss-reactive ketones (excluding diaryl/α,β-unsaturated/α-hetero) is 2. The molecule has 6 heteroatoms. The van der Waals surface area contributed by atoms with E-state index in [-0.39, 0.29) is 16.8 Å². The standard InChI is InChI=1S/C24H36O4.C4H10.2C2H6.H2S2/c1-23-12-11-17(25)13-16(23)7-9-18-19-10-8-15(5-4-6-22(27)28-3)24(19,2)21(26)14-20(18)23;1-4(2)3;3*1-2/h15-16,18-20H,4-14H2,1-3H3;4H,1-3H3;2*1-2H3;1-2H. The Morgan fingerprint density at radius 1 is 0.947 bits per heavy atom. The third kappa shape index (κ3) is 8.75. The topological polar surface area (TPSA) is 60.4 Å². The van der Waals surface area contributed by atoms with Crippen LogP contribution < -0.4 is 0 Å². The van der Waals surface area contributed by atoms with Gasteiger partial charge in [-0.2, -0.15) is 0 Å². The van der Waals surface area contributed by atoms with E-state index in [4.69, 9.17) is 4.74 Å². The molecular formula is C32H60O4S2. The van der Waals surface area contributed by atoms with E-state index in [0.717, 1.165) is 50.9 Å². The number of methoxy groups -OCH3 is 1. The number of ketones is 2. The predicted molar refractivity (Wildman–Crippen MR) is 168 cm³/mol. The molecule has 4 saturated carbocycles. The van der Waals surface area contributed by atoms with Crippen LogP contribution in [0.5, 0.6) is 0 Å². The minimum absolute atomic E-state index is 0.146. The molecule has 0 heterocycles. The largest absolute Gasteiger partial charge is 0.469 e. The summed E-state index contributed by atoms with van der Waals surface area (Å²) in [5.74, 6) is 4.10. The number of thiol groups is 2. The Morgan fingerprint density at radius 3 is 2.08 bits per heavy atom. The highest BCUT2D eigenvalue weighted by Gasteiger charge is 2.63. The molecule has 0 N–H and O–H groups in total.